The number of benzene rings is 2. The number of para-hydroxylation sites is 1. The Balaban J connectivity index is 0.000000641. The van der Waals surface area contributed by atoms with Crippen molar-refractivity contribution >= 4 is 39.5 Å². The first-order chi connectivity index (χ1) is 16.4. The Hall–Kier alpha value is -3.81. The third kappa shape index (κ3) is 9.16. The van der Waals surface area contributed by atoms with Crippen molar-refractivity contribution in [2.24, 2.45) is 5.14 Å². The minimum atomic E-state index is -3.74. The molecule has 1 unspecified atom stereocenters. The summed E-state index contributed by atoms with van der Waals surface area (Å²) < 4.78 is 22.6. The predicted octanol–water partition coefficient (Wildman–Crippen LogP) is 0.671. The Morgan fingerprint density at radius 2 is 1.57 bits per heavy atom. The number of amides is 2. The van der Waals surface area contributed by atoms with Crippen molar-refractivity contribution < 1.29 is 37.8 Å². The molecule has 13 heteroatoms. The number of carbonyl (C=O) groups is 4. The SMILES string of the molecule is CC(NCC(=O)Nc1ccccc1C(=O)NC1CC1)c1ccc(S(N)(=O)=O)cc1.O=C(O)C(=O)O. The highest BCUT2D eigenvalue weighted by atomic mass is 32.2. The van der Waals surface area contributed by atoms with Crippen molar-refractivity contribution in [3.63, 3.8) is 0 Å². The zero-order chi connectivity index (χ0) is 26.2. The van der Waals surface area contributed by atoms with Crippen molar-refractivity contribution in [1.82, 2.24) is 10.6 Å². The minimum absolute atomic E-state index is 0.0245. The lowest BCUT2D eigenvalue weighted by atomic mass is 10.1. The fourth-order valence-electron chi connectivity index (χ4n) is 2.79. The molecule has 2 amide bonds. The van der Waals surface area contributed by atoms with Crippen LogP contribution in [0.5, 0.6) is 0 Å². The summed E-state index contributed by atoms with van der Waals surface area (Å²) in [4.78, 5) is 42.9. The van der Waals surface area contributed by atoms with E-state index >= 15 is 0 Å². The van der Waals surface area contributed by atoms with Crippen molar-refractivity contribution in [3.8, 4) is 0 Å². The Bertz CT molecular complexity index is 1180. The number of rotatable bonds is 8. The van der Waals surface area contributed by atoms with E-state index in [1.807, 2.05) is 6.92 Å². The highest BCUT2D eigenvalue weighted by Crippen LogP contribution is 2.21. The van der Waals surface area contributed by atoms with Gasteiger partial charge in [0.1, 0.15) is 0 Å². The van der Waals surface area contributed by atoms with E-state index in [0.717, 1.165) is 18.4 Å². The molecule has 2 aromatic carbocycles. The van der Waals surface area contributed by atoms with Crippen LogP contribution in [0.4, 0.5) is 5.69 Å². The molecule has 35 heavy (non-hydrogen) atoms. The maximum Gasteiger partial charge on any atom is 0.414 e. The highest BCUT2D eigenvalue weighted by Gasteiger charge is 2.25. The number of primary sulfonamides is 1. The van der Waals surface area contributed by atoms with Crippen LogP contribution in [0.2, 0.25) is 0 Å². The van der Waals surface area contributed by atoms with Crippen molar-refractivity contribution in [2.45, 2.75) is 36.7 Å². The molecule has 12 nitrogen and oxygen atoms in total. The largest absolute Gasteiger partial charge is 0.473 e. The molecule has 3 rings (SSSR count). The second-order valence-corrected chi connectivity index (χ2v) is 9.23. The van der Waals surface area contributed by atoms with Crippen LogP contribution < -0.4 is 21.1 Å². The van der Waals surface area contributed by atoms with Crippen LogP contribution in [0, 0.1) is 0 Å². The average molecular weight is 507 g/mol. The molecule has 1 atom stereocenters. The van der Waals surface area contributed by atoms with Crippen molar-refractivity contribution in [3.05, 3.63) is 59.7 Å². The summed E-state index contributed by atoms with van der Waals surface area (Å²) >= 11 is 0. The lowest BCUT2D eigenvalue weighted by molar-refractivity contribution is -0.159. The van der Waals surface area contributed by atoms with Crippen molar-refractivity contribution in [2.75, 3.05) is 11.9 Å². The van der Waals surface area contributed by atoms with Gasteiger partial charge in [-0.1, -0.05) is 24.3 Å². The number of hydrogen-bond donors (Lipinski definition) is 6. The normalized spacial score (nSPS) is 13.5. The molecule has 7 N–H and O–H groups in total. The van der Waals surface area contributed by atoms with E-state index in [1.54, 1.807) is 36.4 Å². The first-order valence-electron chi connectivity index (χ1n) is 10.4. The molecule has 0 bridgehead atoms. The number of sulfonamides is 1. The van der Waals surface area contributed by atoms with Gasteiger partial charge in [0.05, 0.1) is 22.7 Å². The van der Waals surface area contributed by atoms with Crippen molar-refractivity contribution in [1.29, 1.82) is 0 Å². The van der Waals surface area contributed by atoms with Gasteiger partial charge in [-0.05, 0) is 49.6 Å². The quantitative estimate of drug-likeness (QED) is 0.278. The maximum absolute atomic E-state index is 12.3. The van der Waals surface area contributed by atoms with Gasteiger partial charge in [-0.25, -0.2) is 23.1 Å². The molecule has 0 aliphatic heterocycles. The van der Waals surface area contributed by atoms with E-state index in [-0.39, 0.29) is 35.3 Å². The third-order valence-corrected chi connectivity index (χ3v) is 5.75. The monoisotopic (exact) mass is 506 g/mol. The van der Waals surface area contributed by atoms with Gasteiger partial charge in [0.15, 0.2) is 0 Å². The summed E-state index contributed by atoms with van der Waals surface area (Å²) in [5.41, 5.74) is 1.71. The van der Waals surface area contributed by atoms with Crippen LogP contribution in [0.15, 0.2) is 53.4 Å². The topological polar surface area (TPSA) is 205 Å². The van der Waals surface area contributed by atoms with Crippen LogP contribution in [0.3, 0.4) is 0 Å². The Morgan fingerprint density at radius 3 is 2.09 bits per heavy atom. The molecular formula is C22H26N4O8S. The number of aliphatic carboxylic acids is 2. The maximum atomic E-state index is 12.3. The lowest BCUT2D eigenvalue weighted by Gasteiger charge is -2.15. The lowest BCUT2D eigenvalue weighted by Crippen LogP contribution is -2.31. The molecule has 1 aliphatic carbocycles. The summed E-state index contributed by atoms with van der Waals surface area (Å²) in [6, 6.07) is 13.1. The van der Waals surface area contributed by atoms with E-state index in [0.29, 0.717) is 11.3 Å². The van der Waals surface area contributed by atoms with Gasteiger partial charge in [0.25, 0.3) is 5.91 Å². The summed E-state index contributed by atoms with van der Waals surface area (Å²) in [6.45, 7) is 1.88. The fraction of sp³-hybridized carbons (Fsp3) is 0.273. The van der Waals surface area contributed by atoms with Crippen LogP contribution in [-0.2, 0) is 24.4 Å². The smallest absolute Gasteiger partial charge is 0.414 e. The standard InChI is InChI=1S/C20H24N4O4S.C2H2O4/c1-13(14-6-10-16(11-7-14)29(21,27)28)22-12-19(25)24-18-5-3-2-4-17(18)20(26)23-15-8-9-15;3-1(4)2(5)6/h2-7,10-11,13,15,22H,8-9,12H2,1H3,(H,23,26)(H,24,25)(H2,21,27,28);(H,3,4)(H,5,6). The van der Waals surface area contributed by atoms with Crippen LogP contribution >= 0.6 is 0 Å². The second-order valence-electron chi connectivity index (χ2n) is 7.67. The van der Waals surface area contributed by atoms with Crippen LogP contribution in [0.25, 0.3) is 0 Å². The van der Waals surface area contributed by atoms with Gasteiger partial charge >= 0.3 is 11.9 Å². The van der Waals surface area contributed by atoms with E-state index in [9.17, 15) is 18.0 Å². The molecule has 0 spiro atoms. The van der Waals surface area contributed by atoms with Gasteiger partial charge < -0.3 is 26.2 Å². The summed E-state index contributed by atoms with van der Waals surface area (Å²) in [5, 5.41) is 28.6. The highest BCUT2D eigenvalue weighted by molar-refractivity contribution is 7.89. The first-order valence-corrected chi connectivity index (χ1v) is 11.9. The predicted molar refractivity (Wildman–Crippen MR) is 125 cm³/mol. The Morgan fingerprint density at radius 1 is 1.00 bits per heavy atom. The van der Waals surface area contributed by atoms with Crippen LogP contribution in [0.1, 0.15) is 41.7 Å². The van der Waals surface area contributed by atoms with E-state index in [1.165, 1.54) is 12.1 Å². The Labute approximate surface area is 201 Å². The molecule has 0 radical (unpaired) electrons. The zero-order valence-corrected chi connectivity index (χ0v) is 19.5. The van der Waals surface area contributed by atoms with Gasteiger partial charge in [-0.3, -0.25) is 9.59 Å². The van der Waals surface area contributed by atoms with Gasteiger partial charge in [-0.2, -0.15) is 0 Å². The number of carbonyl (C=O) groups excluding carboxylic acids is 2. The minimum Gasteiger partial charge on any atom is -0.473 e. The second kappa shape index (κ2) is 12.1. The number of anilines is 1. The molecule has 0 aromatic heterocycles. The summed E-state index contributed by atoms with van der Waals surface area (Å²) in [5.74, 6) is -4.13. The van der Waals surface area contributed by atoms with Gasteiger partial charge in [-0.15, -0.1) is 0 Å². The molecular weight excluding hydrogens is 480 g/mol. The first kappa shape index (κ1) is 27.4. The number of nitrogens with one attached hydrogen (secondary N) is 3. The van der Waals surface area contributed by atoms with E-state index in [4.69, 9.17) is 24.9 Å². The average Bonchev–Trinajstić information content (AvgIpc) is 3.61. The Kier molecular flexibility index (Phi) is 9.45. The number of carboxylic acid groups (broad SMARTS) is 2. The zero-order valence-electron chi connectivity index (χ0n) is 18.7. The molecule has 2 aromatic rings. The number of carboxylic acids is 2. The van der Waals surface area contributed by atoms with Gasteiger partial charge in [0, 0.05) is 12.1 Å². The van der Waals surface area contributed by atoms with Gasteiger partial charge in [0.2, 0.25) is 15.9 Å². The fourth-order valence-corrected chi connectivity index (χ4v) is 3.30. The summed E-state index contributed by atoms with van der Waals surface area (Å²) in [6.07, 6.45) is 1.97. The molecule has 0 saturated heterocycles. The third-order valence-electron chi connectivity index (χ3n) is 4.82. The molecule has 188 valence electrons. The molecule has 1 aliphatic rings. The number of hydrogen-bond acceptors (Lipinski definition) is 7. The molecule has 1 saturated carbocycles. The number of nitrogens with two attached hydrogens (primary N) is 1. The van der Waals surface area contributed by atoms with E-state index in [2.05, 4.69) is 16.0 Å². The molecule has 0 heterocycles. The summed E-state index contributed by atoms with van der Waals surface area (Å²) in [7, 11) is -3.74. The van der Waals surface area contributed by atoms with Crippen LogP contribution in [-0.4, -0.2) is 55.0 Å². The molecule has 1 fully saturated rings. The van der Waals surface area contributed by atoms with E-state index < -0.39 is 22.0 Å².